The van der Waals surface area contributed by atoms with Crippen molar-refractivity contribution < 1.29 is 18.3 Å². The molecule has 2 aliphatic heterocycles. The fourth-order valence-corrected chi connectivity index (χ4v) is 4.91. The van der Waals surface area contributed by atoms with Gasteiger partial charge in [0.2, 0.25) is 0 Å². The maximum atomic E-state index is 12.7. The molecule has 6 nitrogen and oxygen atoms in total. The Hall–Kier alpha value is -0.660. The van der Waals surface area contributed by atoms with E-state index in [1.807, 2.05) is 0 Å². The average molecular weight is 304 g/mol. The molecule has 0 amide bonds. The van der Waals surface area contributed by atoms with Crippen LogP contribution in [0.25, 0.3) is 0 Å². The minimum atomic E-state index is -3.64. The second-order valence-corrected chi connectivity index (χ2v) is 7.78. The van der Waals surface area contributed by atoms with Crippen LogP contribution < -0.4 is 0 Å². The number of carbonyl (C=O) groups is 1. The van der Waals surface area contributed by atoms with E-state index in [1.165, 1.54) is 8.61 Å². The first-order chi connectivity index (χ1) is 9.43. The van der Waals surface area contributed by atoms with E-state index in [9.17, 15) is 18.3 Å². The van der Waals surface area contributed by atoms with Gasteiger partial charge in [0, 0.05) is 19.6 Å². The molecule has 2 aliphatic rings. The molecule has 116 valence electrons. The highest BCUT2D eigenvalue weighted by Crippen LogP contribution is 2.26. The highest BCUT2D eigenvalue weighted by molar-refractivity contribution is 7.86. The van der Waals surface area contributed by atoms with Crippen LogP contribution in [0.1, 0.15) is 45.4 Å². The molecular weight excluding hydrogens is 280 g/mol. The average Bonchev–Trinajstić information content (AvgIpc) is 2.64. The van der Waals surface area contributed by atoms with Crippen molar-refractivity contribution in [1.82, 2.24) is 8.61 Å². The van der Waals surface area contributed by atoms with Crippen LogP contribution in [0, 0.1) is 5.92 Å². The minimum absolute atomic E-state index is 0.325. The van der Waals surface area contributed by atoms with E-state index >= 15 is 0 Å². The summed E-state index contributed by atoms with van der Waals surface area (Å²) in [5.74, 6) is -0.497. The Balaban J connectivity index is 2.17. The number of hydrogen-bond acceptors (Lipinski definition) is 3. The fraction of sp³-hybridized carbons (Fsp3) is 0.923. The largest absolute Gasteiger partial charge is 0.480 e. The van der Waals surface area contributed by atoms with Crippen molar-refractivity contribution in [3.8, 4) is 0 Å². The van der Waals surface area contributed by atoms with Crippen LogP contribution >= 0.6 is 0 Å². The number of carboxylic acids is 1. The van der Waals surface area contributed by atoms with Gasteiger partial charge < -0.3 is 5.11 Å². The zero-order valence-corrected chi connectivity index (χ0v) is 12.8. The molecule has 0 radical (unpaired) electrons. The first-order valence-electron chi connectivity index (χ1n) is 7.42. The maximum Gasteiger partial charge on any atom is 0.322 e. The van der Waals surface area contributed by atoms with Gasteiger partial charge in [-0.05, 0) is 44.4 Å². The predicted octanol–water partition coefficient (Wildman–Crippen LogP) is 1.29. The number of aliphatic carboxylic acids is 1. The Kier molecular flexibility index (Phi) is 5.04. The molecule has 0 bridgehead atoms. The molecule has 0 aromatic rings. The van der Waals surface area contributed by atoms with E-state index in [0.29, 0.717) is 32.0 Å². The third kappa shape index (κ3) is 3.32. The van der Waals surface area contributed by atoms with E-state index in [4.69, 9.17) is 0 Å². The van der Waals surface area contributed by atoms with Crippen molar-refractivity contribution in [2.24, 2.45) is 5.92 Å². The molecule has 0 aromatic carbocycles. The van der Waals surface area contributed by atoms with Crippen molar-refractivity contribution in [2.75, 3.05) is 19.6 Å². The molecule has 2 unspecified atom stereocenters. The van der Waals surface area contributed by atoms with Crippen LogP contribution in [-0.2, 0) is 15.0 Å². The van der Waals surface area contributed by atoms with Crippen LogP contribution in [0.15, 0.2) is 0 Å². The van der Waals surface area contributed by atoms with E-state index in [2.05, 4.69) is 6.92 Å². The van der Waals surface area contributed by atoms with Crippen LogP contribution in [-0.4, -0.2) is 53.8 Å². The zero-order valence-electron chi connectivity index (χ0n) is 12.0. The molecule has 0 aliphatic carbocycles. The third-order valence-corrected chi connectivity index (χ3v) is 6.38. The van der Waals surface area contributed by atoms with E-state index in [0.717, 1.165) is 32.1 Å². The highest BCUT2D eigenvalue weighted by Gasteiger charge is 2.40. The summed E-state index contributed by atoms with van der Waals surface area (Å²) in [5.41, 5.74) is 0. The molecular formula is C13H24N2O4S. The standard InChI is InChI=1S/C13H24N2O4S/c1-11-5-4-8-14(10-7-11)20(18,19)15-9-3-2-6-12(15)13(16)17/h11-12H,2-10H2,1H3,(H,16,17). The summed E-state index contributed by atoms with van der Waals surface area (Å²) in [6.07, 6.45) is 4.68. The second-order valence-electron chi connectivity index (χ2n) is 5.90. The summed E-state index contributed by atoms with van der Waals surface area (Å²) in [6, 6.07) is -0.894. The molecule has 0 saturated carbocycles. The van der Waals surface area contributed by atoms with E-state index in [1.54, 1.807) is 0 Å². The predicted molar refractivity (Wildman–Crippen MR) is 75.5 cm³/mol. The molecule has 2 atom stereocenters. The van der Waals surface area contributed by atoms with Crippen LogP contribution in [0.5, 0.6) is 0 Å². The van der Waals surface area contributed by atoms with Crippen LogP contribution in [0.3, 0.4) is 0 Å². The van der Waals surface area contributed by atoms with Gasteiger partial charge in [-0.1, -0.05) is 6.92 Å². The fourth-order valence-electron chi connectivity index (χ4n) is 3.04. The lowest BCUT2D eigenvalue weighted by Crippen LogP contribution is -2.53. The molecule has 0 spiro atoms. The second kappa shape index (κ2) is 6.41. The normalized spacial score (nSPS) is 30.9. The molecule has 0 aromatic heterocycles. The Morgan fingerprint density at radius 3 is 2.50 bits per heavy atom. The van der Waals surface area contributed by atoms with Gasteiger partial charge in [-0.2, -0.15) is 17.0 Å². The van der Waals surface area contributed by atoms with E-state index < -0.39 is 22.2 Å². The SMILES string of the molecule is CC1CCCN(S(=O)(=O)N2CCCCC2C(=O)O)CC1. The third-order valence-electron chi connectivity index (χ3n) is 4.34. The Bertz CT molecular complexity index is 451. The Morgan fingerprint density at radius 1 is 1.05 bits per heavy atom. The molecule has 20 heavy (non-hydrogen) atoms. The summed E-state index contributed by atoms with van der Waals surface area (Å²) in [4.78, 5) is 11.3. The first-order valence-corrected chi connectivity index (χ1v) is 8.82. The number of carboxylic acid groups (broad SMARTS) is 1. The van der Waals surface area contributed by atoms with Crippen molar-refractivity contribution >= 4 is 16.2 Å². The summed E-state index contributed by atoms with van der Waals surface area (Å²) in [7, 11) is -3.64. The molecule has 1 N–H and O–H groups in total. The summed E-state index contributed by atoms with van der Waals surface area (Å²) >= 11 is 0. The lowest BCUT2D eigenvalue weighted by atomic mass is 10.0. The lowest BCUT2D eigenvalue weighted by Gasteiger charge is -2.35. The number of nitrogens with zero attached hydrogens (tertiary/aromatic N) is 2. The molecule has 2 saturated heterocycles. The monoisotopic (exact) mass is 304 g/mol. The summed E-state index contributed by atoms with van der Waals surface area (Å²) in [6.45, 7) is 3.48. The number of hydrogen-bond donors (Lipinski definition) is 1. The van der Waals surface area contributed by atoms with Gasteiger partial charge >= 0.3 is 5.97 Å². The Morgan fingerprint density at radius 2 is 1.80 bits per heavy atom. The van der Waals surface area contributed by atoms with Gasteiger partial charge in [0.1, 0.15) is 6.04 Å². The number of rotatable bonds is 3. The van der Waals surface area contributed by atoms with Gasteiger partial charge in [0.05, 0.1) is 0 Å². The van der Waals surface area contributed by atoms with Crippen LogP contribution in [0.4, 0.5) is 0 Å². The maximum absolute atomic E-state index is 12.7. The molecule has 2 rings (SSSR count). The van der Waals surface area contributed by atoms with E-state index in [-0.39, 0.29) is 0 Å². The Labute approximate surface area is 120 Å². The molecule has 2 fully saturated rings. The topological polar surface area (TPSA) is 77.9 Å². The molecule has 2 heterocycles. The van der Waals surface area contributed by atoms with Gasteiger partial charge in [-0.15, -0.1) is 0 Å². The zero-order chi connectivity index (χ0) is 14.8. The van der Waals surface area contributed by atoms with Gasteiger partial charge in [0.15, 0.2) is 0 Å². The lowest BCUT2D eigenvalue weighted by molar-refractivity contribution is -0.142. The summed E-state index contributed by atoms with van der Waals surface area (Å²) in [5, 5.41) is 9.24. The minimum Gasteiger partial charge on any atom is -0.480 e. The van der Waals surface area contributed by atoms with Gasteiger partial charge in [0.25, 0.3) is 10.2 Å². The van der Waals surface area contributed by atoms with Gasteiger partial charge in [-0.25, -0.2) is 0 Å². The van der Waals surface area contributed by atoms with Crippen molar-refractivity contribution in [2.45, 2.75) is 51.5 Å². The smallest absolute Gasteiger partial charge is 0.322 e. The summed E-state index contributed by atoms with van der Waals surface area (Å²) < 4.78 is 28.1. The quantitative estimate of drug-likeness (QED) is 0.852. The van der Waals surface area contributed by atoms with Crippen LogP contribution in [0.2, 0.25) is 0 Å². The van der Waals surface area contributed by atoms with Crippen molar-refractivity contribution in [1.29, 1.82) is 0 Å². The van der Waals surface area contributed by atoms with Crippen molar-refractivity contribution in [3.63, 3.8) is 0 Å². The van der Waals surface area contributed by atoms with Crippen molar-refractivity contribution in [3.05, 3.63) is 0 Å². The van der Waals surface area contributed by atoms with Gasteiger partial charge in [-0.3, -0.25) is 4.79 Å². The first kappa shape index (κ1) is 15.7. The molecule has 7 heteroatoms. The number of piperidine rings is 1. The highest BCUT2D eigenvalue weighted by atomic mass is 32.2.